The first-order valence-electron chi connectivity index (χ1n) is 5.68. The van der Waals surface area contributed by atoms with E-state index < -0.39 is 0 Å². The Bertz CT molecular complexity index is 781. The molecule has 0 atom stereocenters. The van der Waals surface area contributed by atoms with Crippen molar-refractivity contribution in [3.63, 3.8) is 0 Å². The van der Waals surface area contributed by atoms with Crippen molar-refractivity contribution in [3.8, 4) is 22.1 Å². The summed E-state index contributed by atoms with van der Waals surface area (Å²) in [4.78, 5) is 17.0. The van der Waals surface area contributed by atoms with Crippen LogP contribution >= 0.6 is 11.3 Å². The maximum atomic E-state index is 11.6. The van der Waals surface area contributed by atoms with Gasteiger partial charge in [0.25, 0.3) is 0 Å². The van der Waals surface area contributed by atoms with Crippen molar-refractivity contribution in [1.29, 1.82) is 0 Å². The summed E-state index contributed by atoms with van der Waals surface area (Å²) in [6.45, 7) is 0. The minimum absolute atomic E-state index is 0.0790. The normalized spacial score (nSPS) is 10.8. The quantitative estimate of drug-likeness (QED) is 0.674. The molecule has 3 rings (SSSR count). The molecule has 0 radical (unpaired) electrons. The predicted molar refractivity (Wildman–Crippen MR) is 75.6 cm³/mol. The topological polar surface area (TPSA) is 48.4 Å². The molecule has 1 aliphatic heterocycles. The van der Waals surface area contributed by atoms with Crippen LogP contribution in [0.15, 0.2) is 35.1 Å². The first kappa shape index (κ1) is 11.9. The number of methoxy groups -OCH3 is 2. The van der Waals surface area contributed by atoms with E-state index >= 15 is 0 Å². The van der Waals surface area contributed by atoms with E-state index in [1.165, 1.54) is 17.4 Å². The highest BCUT2D eigenvalue weighted by Gasteiger charge is 2.14. The summed E-state index contributed by atoms with van der Waals surface area (Å²) >= 11 is 1.50. The average Bonchev–Trinajstić information content (AvgIpc) is 2.43. The number of ether oxygens (including phenoxy) is 2. The number of benzene rings is 2. The van der Waals surface area contributed by atoms with Crippen molar-refractivity contribution in [2.75, 3.05) is 14.2 Å². The highest BCUT2D eigenvalue weighted by Crippen LogP contribution is 2.36. The van der Waals surface area contributed by atoms with Crippen molar-refractivity contribution in [2.45, 2.75) is 0 Å². The van der Waals surface area contributed by atoms with Crippen LogP contribution in [0.3, 0.4) is 0 Å². The lowest BCUT2D eigenvalue weighted by atomic mass is 10.2. The Hall–Kier alpha value is -2.14. The molecule has 0 amide bonds. The Labute approximate surface area is 113 Å². The van der Waals surface area contributed by atoms with Crippen molar-refractivity contribution < 1.29 is 9.47 Å². The fourth-order valence-electron chi connectivity index (χ4n) is 1.94. The molecule has 0 aromatic heterocycles. The third-order valence-corrected chi connectivity index (χ3v) is 3.93. The van der Waals surface area contributed by atoms with Crippen molar-refractivity contribution >= 4 is 21.6 Å². The summed E-state index contributed by atoms with van der Waals surface area (Å²) in [6.07, 6.45) is 0. The van der Waals surface area contributed by atoms with Crippen LogP contribution in [0.2, 0.25) is 0 Å². The predicted octanol–water partition coefficient (Wildman–Crippen LogP) is 2.78. The monoisotopic (exact) mass is 273 g/mol. The number of fused-ring (bicyclic) bond motifs is 2. The van der Waals surface area contributed by atoms with Gasteiger partial charge in [0, 0.05) is 12.1 Å². The molecule has 0 saturated heterocycles. The van der Waals surface area contributed by atoms with Gasteiger partial charge >= 0.3 is 0 Å². The summed E-state index contributed by atoms with van der Waals surface area (Å²) in [5.74, 6) is 1.28. The Morgan fingerprint density at radius 2 is 1.95 bits per heavy atom. The molecule has 0 saturated carbocycles. The average molecular weight is 273 g/mol. The highest BCUT2D eigenvalue weighted by atomic mass is 32.1. The minimum Gasteiger partial charge on any atom is -0.497 e. The summed E-state index contributed by atoms with van der Waals surface area (Å²) in [5.41, 5.74) is 1.49. The number of nitrogens with zero attached hydrogens (tertiary/aromatic N) is 1. The van der Waals surface area contributed by atoms with Gasteiger partial charge in [-0.15, -0.1) is 11.3 Å². The van der Waals surface area contributed by atoms with Crippen LogP contribution in [-0.4, -0.2) is 19.2 Å². The zero-order valence-electron chi connectivity index (χ0n) is 10.5. The molecular weight excluding hydrogens is 262 g/mol. The largest absolute Gasteiger partial charge is 0.497 e. The highest BCUT2D eigenvalue weighted by molar-refractivity contribution is 7.21. The summed E-state index contributed by atoms with van der Waals surface area (Å²) < 4.78 is 11.4. The van der Waals surface area contributed by atoms with Crippen molar-refractivity contribution in [3.05, 3.63) is 40.6 Å². The van der Waals surface area contributed by atoms with Gasteiger partial charge in [0.15, 0.2) is 5.43 Å². The summed E-state index contributed by atoms with van der Waals surface area (Å²) in [5, 5.41) is 0. The van der Waals surface area contributed by atoms with Crippen LogP contribution < -0.4 is 14.9 Å². The van der Waals surface area contributed by atoms with Gasteiger partial charge in [0.2, 0.25) is 0 Å². The minimum atomic E-state index is -0.0790. The van der Waals surface area contributed by atoms with Crippen LogP contribution in [0, 0.1) is 0 Å². The van der Waals surface area contributed by atoms with E-state index in [1.54, 1.807) is 20.3 Å². The Morgan fingerprint density at radius 3 is 2.68 bits per heavy atom. The van der Waals surface area contributed by atoms with E-state index in [4.69, 9.17) is 9.47 Å². The molecule has 4 nitrogen and oxygen atoms in total. The van der Waals surface area contributed by atoms with Gasteiger partial charge in [-0.3, -0.25) is 4.79 Å². The van der Waals surface area contributed by atoms with Gasteiger partial charge in [-0.25, -0.2) is 4.98 Å². The third-order valence-electron chi connectivity index (χ3n) is 2.85. The zero-order valence-corrected chi connectivity index (χ0v) is 11.3. The number of aromatic nitrogens is 1. The molecule has 2 aliphatic rings. The maximum absolute atomic E-state index is 11.6. The van der Waals surface area contributed by atoms with Gasteiger partial charge < -0.3 is 9.47 Å². The van der Waals surface area contributed by atoms with Crippen LogP contribution in [-0.2, 0) is 0 Å². The van der Waals surface area contributed by atoms with Crippen LogP contribution in [0.1, 0.15) is 0 Å². The first-order chi connectivity index (χ1) is 9.21. The molecule has 0 spiro atoms. The Morgan fingerprint density at radius 1 is 1.11 bits per heavy atom. The number of rotatable bonds is 2. The van der Waals surface area contributed by atoms with E-state index in [1.807, 2.05) is 18.2 Å². The molecular formula is C14H11NO3S. The molecule has 0 unspecified atom stereocenters. The second kappa shape index (κ2) is 4.51. The second-order valence-corrected chi connectivity index (χ2v) is 5.10. The molecule has 1 heterocycles. The first-order valence-corrected chi connectivity index (χ1v) is 6.49. The van der Waals surface area contributed by atoms with Crippen molar-refractivity contribution in [1.82, 2.24) is 4.98 Å². The van der Waals surface area contributed by atoms with Crippen LogP contribution in [0.5, 0.6) is 11.5 Å². The van der Waals surface area contributed by atoms with Gasteiger partial charge in [0.05, 0.1) is 29.3 Å². The fourth-order valence-corrected chi connectivity index (χ4v) is 2.98. The standard InChI is InChI=1S/C14H11NO3S/c1-17-9-3-4-10-12(7-9)19-13-6-8(16)5-11(18-2)14(13)15-10/h3-7H,1-2H3. The zero-order chi connectivity index (χ0) is 13.4. The van der Waals surface area contributed by atoms with Gasteiger partial charge in [-0.05, 0) is 18.2 Å². The lowest BCUT2D eigenvalue weighted by molar-refractivity contribution is 0.414. The van der Waals surface area contributed by atoms with E-state index in [2.05, 4.69) is 4.98 Å². The molecule has 1 aromatic carbocycles. The van der Waals surface area contributed by atoms with Crippen LogP contribution in [0.4, 0.5) is 0 Å². The van der Waals surface area contributed by atoms with E-state index in [9.17, 15) is 4.79 Å². The lowest BCUT2D eigenvalue weighted by Crippen LogP contribution is -2.02. The molecule has 1 aromatic rings. The molecule has 5 heteroatoms. The number of hydrogen-bond donors (Lipinski definition) is 0. The second-order valence-electron chi connectivity index (χ2n) is 4.02. The van der Waals surface area contributed by atoms with Gasteiger partial charge in [0.1, 0.15) is 17.2 Å². The lowest BCUT2D eigenvalue weighted by Gasteiger charge is -2.10. The summed E-state index contributed by atoms with van der Waals surface area (Å²) in [7, 11) is 3.16. The molecule has 1 aliphatic carbocycles. The van der Waals surface area contributed by atoms with E-state index in [0.29, 0.717) is 11.4 Å². The van der Waals surface area contributed by atoms with E-state index in [0.717, 1.165) is 20.8 Å². The Balaban J connectivity index is 2.38. The smallest absolute Gasteiger partial charge is 0.183 e. The molecule has 0 bridgehead atoms. The SMILES string of the molecule is COc1ccc2nc3c(OC)cc(=O)cc-3sc2c1. The van der Waals surface area contributed by atoms with Crippen LogP contribution in [0.25, 0.3) is 20.8 Å². The third kappa shape index (κ3) is 2.02. The van der Waals surface area contributed by atoms with Crippen molar-refractivity contribution in [2.24, 2.45) is 0 Å². The number of hydrogen-bond acceptors (Lipinski definition) is 5. The van der Waals surface area contributed by atoms with E-state index in [-0.39, 0.29) is 5.43 Å². The molecule has 0 N–H and O–H groups in total. The molecule has 0 fully saturated rings. The fraction of sp³-hybridized carbons (Fsp3) is 0.143. The van der Waals surface area contributed by atoms with Gasteiger partial charge in [-0.1, -0.05) is 0 Å². The van der Waals surface area contributed by atoms with Gasteiger partial charge in [-0.2, -0.15) is 0 Å². The maximum Gasteiger partial charge on any atom is 0.183 e. The molecule has 96 valence electrons. The summed E-state index contributed by atoms with van der Waals surface area (Å²) in [6, 6.07) is 8.71. The Kier molecular flexibility index (Phi) is 2.83. The molecule has 19 heavy (non-hydrogen) atoms.